The number of nitrogens with zero attached hydrogens (tertiary/aromatic N) is 2. The minimum absolute atomic E-state index is 0.124. The molecule has 3 N–H and O–H groups in total. The molecule has 96 valence electrons. The normalized spacial score (nSPS) is 13.5. The molecule has 1 atom stereocenters. The number of amides is 1. The topological polar surface area (TPSA) is 72.9 Å². The van der Waals surface area contributed by atoms with E-state index in [-0.39, 0.29) is 11.3 Å². The molecular weight excluding hydrogens is 216 g/mol. The Hall–Kier alpha value is -1.36. The molecule has 0 aliphatic carbocycles. The molecule has 17 heavy (non-hydrogen) atoms. The van der Waals surface area contributed by atoms with Crippen molar-refractivity contribution in [2.45, 2.75) is 40.3 Å². The van der Waals surface area contributed by atoms with Crippen molar-refractivity contribution in [3.8, 4) is 0 Å². The van der Waals surface area contributed by atoms with E-state index < -0.39 is 6.04 Å². The number of hydrogen-bond acceptors (Lipinski definition) is 3. The average molecular weight is 238 g/mol. The van der Waals surface area contributed by atoms with Crippen molar-refractivity contribution in [2.24, 2.45) is 18.2 Å². The third-order valence-electron chi connectivity index (χ3n) is 2.78. The lowest BCUT2D eigenvalue weighted by Gasteiger charge is -2.25. The zero-order chi connectivity index (χ0) is 13.2. The number of aromatic nitrogens is 2. The molecule has 0 aliphatic heterocycles. The highest BCUT2D eigenvalue weighted by molar-refractivity contribution is 5.82. The Kier molecular flexibility index (Phi) is 3.93. The van der Waals surface area contributed by atoms with Crippen LogP contribution in [0.5, 0.6) is 0 Å². The number of nitrogens with two attached hydrogens (primary N) is 1. The fraction of sp³-hybridized carbons (Fsp3) is 0.667. The maximum atomic E-state index is 11.8. The highest BCUT2D eigenvalue weighted by Gasteiger charge is 2.27. The highest BCUT2D eigenvalue weighted by atomic mass is 16.2. The number of hydrogen-bond donors (Lipinski definition) is 2. The van der Waals surface area contributed by atoms with Crippen LogP contribution in [0.3, 0.4) is 0 Å². The van der Waals surface area contributed by atoms with E-state index in [0.29, 0.717) is 6.54 Å². The summed E-state index contributed by atoms with van der Waals surface area (Å²) >= 11 is 0. The summed E-state index contributed by atoms with van der Waals surface area (Å²) in [6, 6.07) is -0.500. The first-order valence-electron chi connectivity index (χ1n) is 5.74. The van der Waals surface area contributed by atoms with E-state index >= 15 is 0 Å². The molecule has 5 heteroatoms. The highest BCUT2D eigenvalue weighted by Crippen LogP contribution is 2.17. The van der Waals surface area contributed by atoms with Crippen molar-refractivity contribution < 1.29 is 4.79 Å². The smallest absolute Gasteiger partial charge is 0.237 e. The number of nitrogens with one attached hydrogen (secondary N) is 1. The van der Waals surface area contributed by atoms with Crippen LogP contribution in [-0.4, -0.2) is 21.7 Å². The number of carbonyl (C=O) groups excluding carboxylic acids is 1. The minimum Gasteiger partial charge on any atom is -0.351 e. The summed E-state index contributed by atoms with van der Waals surface area (Å²) in [6.07, 6.45) is 1.90. The Morgan fingerprint density at radius 2 is 2.18 bits per heavy atom. The van der Waals surface area contributed by atoms with E-state index in [2.05, 4.69) is 10.4 Å². The molecule has 0 fully saturated rings. The van der Waals surface area contributed by atoms with Gasteiger partial charge in [-0.3, -0.25) is 9.48 Å². The number of rotatable bonds is 3. The summed E-state index contributed by atoms with van der Waals surface area (Å²) in [5.74, 6) is -0.124. The molecule has 1 aromatic heterocycles. The van der Waals surface area contributed by atoms with Crippen molar-refractivity contribution >= 4 is 5.91 Å². The van der Waals surface area contributed by atoms with E-state index in [1.165, 1.54) is 0 Å². The maximum absolute atomic E-state index is 11.8. The van der Waals surface area contributed by atoms with E-state index in [1.807, 2.05) is 40.9 Å². The van der Waals surface area contributed by atoms with E-state index in [9.17, 15) is 4.79 Å². The molecule has 0 spiro atoms. The number of carbonyl (C=O) groups is 1. The summed E-state index contributed by atoms with van der Waals surface area (Å²) in [4.78, 5) is 11.8. The number of aryl methyl sites for hydroxylation is 2. The first-order chi connectivity index (χ1) is 7.71. The third-order valence-corrected chi connectivity index (χ3v) is 2.78. The molecule has 0 bridgehead atoms. The first-order valence-corrected chi connectivity index (χ1v) is 5.74. The van der Waals surface area contributed by atoms with Gasteiger partial charge in [-0.1, -0.05) is 20.8 Å². The molecule has 1 aromatic rings. The summed E-state index contributed by atoms with van der Waals surface area (Å²) in [5, 5.41) is 7.06. The molecule has 0 unspecified atom stereocenters. The Labute approximate surface area is 102 Å². The Bertz CT molecular complexity index is 403. The van der Waals surface area contributed by atoms with Gasteiger partial charge in [0.2, 0.25) is 5.91 Å². The molecule has 1 heterocycles. The van der Waals surface area contributed by atoms with Crippen LogP contribution in [0, 0.1) is 12.3 Å². The van der Waals surface area contributed by atoms with Crippen molar-refractivity contribution in [3.05, 3.63) is 17.5 Å². The van der Waals surface area contributed by atoms with Crippen LogP contribution in [0.2, 0.25) is 0 Å². The maximum Gasteiger partial charge on any atom is 0.237 e. The second-order valence-electron chi connectivity index (χ2n) is 5.47. The lowest BCUT2D eigenvalue weighted by Crippen LogP contribution is -2.48. The standard InChI is InChI=1S/C12H22N4O/c1-8-9(7-16(5)15-8)6-14-11(17)10(13)12(2,3)4/h7,10H,6,13H2,1-5H3,(H,14,17)/t10-/m0/s1. The second-order valence-corrected chi connectivity index (χ2v) is 5.47. The molecule has 0 aliphatic rings. The average Bonchev–Trinajstić information content (AvgIpc) is 2.51. The van der Waals surface area contributed by atoms with Crippen LogP contribution < -0.4 is 11.1 Å². The van der Waals surface area contributed by atoms with Gasteiger partial charge in [0.05, 0.1) is 11.7 Å². The summed E-state index contributed by atoms with van der Waals surface area (Å²) in [5.41, 5.74) is 7.58. The minimum atomic E-state index is -0.500. The lowest BCUT2D eigenvalue weighted by molar-refractivity contribution is -0.124. The summed E-state index contributed by atoms with van der Waals surface area (Å²) < 4.78 is 1.74. The van der Waals surface area contributed by atoms with E-state index in [4.69, 9.17) is 5.73 Å². The molecule has 0 saturated carbocycles. The molecule has 1 rings (SSSR count). The van der Waals surface area contributed by atoms with Gasteiger partial charge in [-0.05, 0) is 12.3 Å². The second kappa shape index (κ2) is 4.87. The molecule has 0 aromatic carbocycles. The van der Waals surface area contributed by atoms with Crippen LogP contribution in [0.4, 0.5) is 0 Å². The van der Waals surface area contributed by atoms with Crippen LogP contribution in [0.25, 0.3) is 0 Å². The van der Waals surface area contributed by atoms with Gasteiger partial charge in [0.1, 0.15) is 0 Å². The van der Waals surface area contributed by atoms with Crippen molar-refractivity contribution in [1.82, 2.24) is 15.1 Å². The lowest BCUT2D eigenvalue weighted by atomic mass is 9.87. The van der Waals surface area contributed by atoms with Gasteiger partial charge in [0.25, 0.3) is 0 Å². The van der Waals surface area contributed by atoms with Crippen LogP contribution in [-0.2, 0) is 18.4 Å². The van der Waals surface area contributed by atoms with Gasteiger partial charge >= 0.3 is 0 Å². The Morgan fingerprint density at radius 1 is 1.59 bits per heavy atom. The van der Waals surface area contributed by atoms with E-state index in [0.717, 1.165) is 11.3 Å². The van der Waals surface area contributed by atoms with Gasteiger partial charge in [-0.25, -0.2) is 0 Å². The third kappa shape index (κ3) is 3.56. The first kappa shape index (κ1) is 13.7. The van der Waals surface area contributed by atoms with Gasteiger partial charge in [0, 0.05) is 25.4 Å². The molecule has 1 amide bonds. The fourth-order valence-corrected chi connectivity index (χ4v) is 1.51. The monoisotopic (exact) mass is 238 g/mol. The van der Waals surface area contributed by atoms with Crippen LogP contribution in [0.15, 0.2) is 6.20 Å². The Morgan fingerprint density at radius 3 is 2.59 bits per heavy atom. The van der Waals surface area contributed by atoms with Gasteiger partial charge in [-0.2, -0.15) is 5.10 Å². The van der Waals surface area contributed by atoms with Gasteiger partial charge in [-0.15, -0.1) is 0 Å². The van der Waals surface area contributed by atoms with Gasteiger partial charge in [0.15, 0.2) is 0 Å². The van der Waals surface area contributed by atoms with Crippen LogP contribution in [0.1, 0.15) is 32.0 Å². The predicted octanol–water partition coefficient (Wildman–Crippen LogP) is 0.718. The quantitative estimate of drug-likeness (QED) is 0.815. The largest absolute Gasteiger partial charge is 0.351 e. The SMILES string of the molecule is Cc1nn(C)cc1CNC(=O)[C@H](N)C(C)(C)C. The van der Waals surface area contributed by atoms with Gasteiger partial charge < -0.3 is 11.1 Å². The van der Waals surface area contributed by atoms with Crippen LogP contribution >= 0.6 is 0 Å². The molecule has 0 radical (unpaired) electrons. The molecule has 5 nitrogen and oxygen atoms in total. The molecule has 0 saturated heterocycles. The van der Waals surface area contributed by atoms with Crippen molar-refractivity contribution in [3.63, 3.8) is 0 Å². The fourth-order valence-electron chi connectivity index (χ4n) is 1.51. The van der Waals surface area contributed by atoms with E-state index in [1.54, 1.807) is 4.68 Å². The predicted molar refractivity (Wildman–Crippen MR) is 67.2 cm³/mol. The zero-order valence-electron chi connectivity index (χ0n) is 11.2. The zero-order valence-corrected chi connectivity index (χ0v) is 11.2. The Balaban J connectivity index is 2.57. The van der Waals surface area contributed by atoms with Crippen molar-refractivity contribution in [2.75, 3.05) is 0 Å². The molecular formula is C12H22N4O. The summed E-state index contributed by atoms with van der Waals surface area (Å²) in [6.45, 7) is 8.25. The summed E-state index contributed by atoms with van der Waals surface area (Å²) in [7, 11) is 1.86. The van der Waals surface area contributed by atoms with Crippen molar-refractivity contribution in [1.29, 1.82) is 0 Å².